The summed E-state index contributed by atoms with van der Waals surface area (Å²) >= 11 is 5.73. The van der Waals surface area contributed by atoms with Crippen LogP contribution in [0.1, 0.15) is 12.5 Å². The molecule has 0 aliphatic heterocycles. The van der Waals surface area contributed by atoms with E-state index in [9.17, 15) is 0 Å². The molecule has 0 amide bonds. The monoisotopic (exact) mass is 218 g/mol. The van der Waals surface area contributed by atoms with Gasteiger partial charge in [0.1, 0.15) is 0 Å². The van der Waals surface area contributed by atoms with Gasteiger partial charge in [-0.25, -0.2) is 9.97 Å². The van der Waals surface area contributed by atoms with Gasteiger partial charge in [-0.1, -0.05) is 31.2 Å². The summed E-state index contributed by atoms with van der Waals surface area (Å²) in [5.41, 5.74) is 3.24. The molecule has 0 unspecified atom stereocenters. The van der Waals surface area contributed by atoms with E-state index >= 15 is 0 Å². The molecule has 0 atom stereocenters. The second-order valence-corrected chi connectivity index (χ2v) is 3.60. The molecule has 15 heavy (non-hydrogen) atoms. The Morgan fingerprint density at radius 3 is 2.47 bits per heavy atom. The topological polar surface area (TPSA) is 25.8 Å². The van der Waals surface area contributed by atoms with Crippen LogP contribution in [0.15, 0.2) is 36.5 Å². The number of nitrogens with zero attached hydrogens (tertiary/aromatic N) is 2. The van der Waals surface area contributed by atoms with E-state index < -0.39 is 0 Å². The fourth-order valence-electron chi connectivity index (χ4n) is 1.41. The summed E-state index contributed by atoms with van der Waals surface area (Å²) in [5, 5.41) is 0.284. The number of hydrogen-bond acceptors (Lipinski definition) is 2. The lowest BCUT2D eigenvalue weighted by Crippen LogP contribution is -1.87. The van der Waals surface area contributed by atoms with E-state index in [0.717, 1.165) is 17.7 Å². The first-order valence-corrected chi connectivity index (χ1v) is 5.25. The predicted molar refractivity (Wildman–Crippen MR) is 61.9 cm³/mol. The van der Waals surface area contributed by atoms with Crippen LogP contribution >= 0.6 is 11.6 Å². The summed E-state index contributed by atoms with van der Waals surface area (Å²) in [7, 11) is 0. The molecule has 2 rings (SSSR count). The quantitative estimate of drug-likeness (QED) is 0.723. The lowest BCUT2D eigenvalue weighted by Gasteiger charge is -2.01. The van der Waals surface area contributed by atoms with Gasteiger partial charge in [0, 0.05) is 11.8 Å². The third-order valence-corrected chi connectivity index (χ3v) is 2.47. The van der Waals surface area contributed by atoms with Gasteiger partial charge in [0.2, 0.25) is 5.28 Å². The highest BCUT2D eigenvalue weighted by molar-refractivity contribution is 6.28. The summed E-state index contributed by atoms with van der Waals surface area (Å²) in [6.07, 6.45) is 2.71. The number of aryl methyl sites for hydroxylation is 1. The molecule has 0 saturated heterocycles. The SMILES string of the molecule is CCc1ccc(-c2ccnc(Cl)n2)cc1. The molecule has 3 heteroatoms. The molecule has 0 radical (unpaired) electrons. The van der Waals surface area contributed by atoms with Crippen LogP contribution < -0.4 is 0 Å². The van der Waals surface area contributed by atoms with E-state index in [1.165, 1.54) is 5.56 Å². The summed E-state index contributed by atoms with van der Waals surface area (Å²) in [4.78, 5) is 8.01. The summed E-state index contributed by atoms with van der Waals surface area (Å²) in [6, 6.07) is 10.2. The highest BCUT2D eigenvalue weighted by Gasteiger charge is 2.00. The van der Waals surface area contributed by atoms with Gasteiger partial charge in [-0.05, 0) is 29.7 Å². The van der Waals surface area contributed by atoms with E-state index in [4.69, 9.17) is 11.6 Å². The molecule has 1 aromatic carbocycles. The zero-order valence-electron chi connectivity index (χ0n) is 8.44. The smallest absolute Gasteiger partial charge is 0.222 e. The maximum Gasteiger partial charge on any atom is 0.222 e. The van der Waals surface area contributed by atoms with E-state index in [0.29, 0.717) is 0 Å². The molecule has 1 aromatic heterocycles. The number of aromatic nitrogens is 2. The van der Waals surface area contributed by atoms with Gasteiger partial charge >= 0.3 is 0 Å². The second-order valence-electron chi connectivity index (χ2n) is 3.26. The molecule has 0 saturated carbocycles. The highest BCUT2D eigenvalue weighted by atomic mass is 35.5. The first-order chi connectivity index (χ1) is 7.29. The van der Waals surface area contributed by atoms with Gasteiger partial charge in [0.05, 0.1) is 5.69 Å². The van der Waals surface area contributed by atoms with E-state index in [1.54, 1.807) is 6.20 Å². The fourth-order valence-corrected chi connectivity index (χ4v) is 1.55. The van der Waals surface area contributed by atoms with E-state index in [1.807, 2.05) is 6.07 Å². The molecule has 0 bridgehead atoms. The number of halogens is 1. The van der Waals surface area contributed by atoms with Crippen LogP contribution in [0.5, 0.6) is 0 Å². The predicted octanol–water partition coefficient (Wildman–Crippen LogP) is 3.36. The molecule has 76 valence electrons. The molecule has 0 aliphatic carbocycles. The van der Waals surface area contributed by atoms with Crippen molar-refractivity contribution in [1.29, 1.82) is 0 Å². The Kier molecular flexibility index (Phi) is 2.97. The zero-order chi connectivity index (χ0) is 10.7. The maximum atomic E-state index is 5.73. The third-order valence-electron chi connectivity index (χ3n) is 2.28. The van der Waals surface area contributed by atoms with Crippen molar-refractivity contribution in [2.24, 2.45) is 0 Å². The maximum absolute atomic E-state index is 5.73. The minimum absolute atomic E-state index is 0.284. The van der Waals surface area contributed by atoms with Crippen molar-refractivity contribution >= 4 is 11.6 Å². The van der Waals surface area contributed by atoms with Crippen molar-refractivity contribution in [3.63, 3.8) is 0 Å². The molecule has 0 fully saturated rings. The number of hydrogen-bond donors (Lipinski definition) is 0. The van der Waals surface area contributed by atoms with Gasteiger partial charge in [-0.15, -0.1) is 0 Å². The summed E-state index contributed by atoms with van der Waals surface area (Å²) < 4.78 is 0. The first-order valence-electron chi connectivity index (χ1n) is 4.87. The van der Waals surface area contributed by atoms with Crippen molar-refractivity contribution < 1.29 is 0 Å². The molecule has 2 nitrogen and oxygen atoms in total. The largest absolute Gasteiger partial charge is 0.226 e. The lowest BCUT2D eigenvalue weighted by atomic mass is 10.1. The average Bonchev–Trinajstić information content (AvgIpc) is 2.29. The first kappa shape index (κ1) is 10.1. The number of benzene rings is 1. The Hall–Kier alpha value is -1.41. The van der Waals surface area contributed by atoms with Crippen molar-refractivity contribution in [3.05, 3.63) is 47.4 Å². The lowest BCUT2D eigenvalue weighted by molar-refractivity contribution is 1.14. The highest BCUT2D eigenvalue weighted by Crippen LogP contribution is 2.18. The standard InChI is InChI=1S/C12H11ClN2/c1-2-9-3-5-10(6-4-9)11-7-8-14-12(13)15-11/h3-8H,2H2,1H3. The van der Waals surface area contributed by atoms with Crippen LogP contribution in [0.25, 0.3) is 11.3 Å². The van der Waals surface area contributed by atoms with Crippen LogP contribution in [0.3, 0.4) is 0 Å². The van der Waals surface area contributed by atoms with Gasteiger partial charge in [-0.2, -0.15) is 0 Å². The molecule has 0 spiro atoms. The van der Waals surface area contributed by atoms with Crippen LogP contribution in [0.2, 0.25) is 5.28 Å². The molecule has 2 aromatic rings. The number of rotatable bonds is 2. The minimum Gasteiger partial charge on any atom is -0.226 e. The van der Waals surface area contributed by atoms with Crippen LogP contribution in [0, 0.1) is 0 Å². The third kappa shape index (κ3) is 2.34. The van der Waals surface area contributed by atoms with Gasteiger partial charge in [-0.3, -0.25) is 0 Å². The molecular formula is C12H11ClN2. The van der Waals surface area contributed by atoms with Crippen molar-refractivity contribution in [2.45, 2.75) is 13.3 Å². The Bertz CT molecular complexity index is 451. The molecule has 1 heterocycles. The Balaban J connectivity index is 2.37. The van der Waals surface area contributed by atoms with Gasteiger partial charge in [0.15, 0.2) is 0 Å². The molecule has 0 aliphatic rings. The van der Waals surface area contributed by atoms with Crippen LogP contribution in [-0.4, -0.2) is 9.97 Å². The Morgan fingerprint density at radius 2 is 1.87 bits per heavy atom. The van der Waals surface area contributed by atoms with Crippen LogP contribution in [0.4, 0.5) is 0 Å². The second kappa shape index (κ2) is 4.41. The average molecular weight is 219 g/mol. The Labute approximate surface area is 94.0 Å². The minimum atomic E-state index is 0.284. The van der Waals surface area contributed by atoms with Crippen molar-refractivity contribution in [1.82, 2.24) is 9.97 Å². The fraction of sp³-hybridized carbons (Fsp3) is 0.167. The van der Waals surface area contributed by atoms with Gasteiger partial charge in [0.25, 0.3) is 0 Å². The Morgan fingerprint density at radius 1 is 1.13 bits per heavy atom. The van der Waals surface area contributed by atoms with Crippen LogP contribution in [-0.2, 0) is 6.42 Å². The van der Waals surface area contributed by atoms with E-state index in [-0.39, 0.29) is 5.28 Å². The van der Waals surface area contributed by atoms with E-state index in [2.05, 4.69) is 41.2 Å². The molecular weight excluding hydrogens is 208 g/mol. The molecule has 0 N–H and O–H groups in total. The summed E-state index contributed by atoms with van der Waals surface area (Å²) in [5.74, 6) is 0. The van der Waals surface area contributed by atoms with Gasteiger partial charge < -0.3 is 0 Å². The zero-order valence-corrected chi connectivity index (χ0v) is 9.20. The van der Waals surface area contributed by atoms with Crippen molar-refractivity contribution in [3.8, 4) is 11.3 Å². The summed E-state index contributed by atoms with van der Waals surface area (Å²) in [6.45, 7) is 2.14. The van der Waals surface area contributed by atoms with Crippen molar-refractivity contribution in [2.75, 3.05) is 0 Å². The normalized spacial score (nSPS) is 10.3.